The van der Waals surface area contributed by atoms with E-state index in [1.807, 2.05) is 0 Å². The molecule has 22 heavy (non-hydrogen) atoms. The van der Waals surface area contributed by atoms with Crippen LogP contribution in [0.4, 0.5) is 14.5 Å². The van der Waals surface area contributed by atoms with Gasteiger partial charge in [0.2, 0.25) is 11.8 Å². The third kappa shape index (κ3) is 4.02. The predicted octanol–water partition coefficient (Wildman–Crippen LogP) is 3.47. The molecule has 6 heteroatoms. The van der Waals surface area contributed by atoms with Crippen molar-refractivity contribution in [2.24, 2.45) is 5.41 Å². The van der Waals surface area contributed by atoms with Crippen LogP contribution in [0.3, 0.4) is 0 Å². The number of amides is 1. The molecular formula is C16H19F2NO3. The minimum absolute atomic E-state index is 0.132. The molecule has 0 spiro atoms. The zero-order valence-electron chi connectivity index (χ0n) is 12.4. The first kappa shape index (κ1) is 16.4. The molecule has 2 rings (SSSR count). The van der Waals surface area contributed by atoms with Crippen molar-refractivity contribution < 1.29 is 23.5 Å². The summed E-state index contributed by atoms with van der Waals surface area (Å²) in [6, 6.07) is 6.56. The molecule has 1 amide bonds. The van der Waals surface area contributed by atoms with Crippen molar-refractivity contribution in [3.05, 3.63) is 29.8 Å². The van der Waals surface area contributed by atoms with Crippen molar-refractivity contribution in [2.75, 3.05) is 5.32 Å². The van der Waals surface area contributed by atoms with Gasteiger partial charge in [-0.25, -0.2) is 8.78 Å². The highest BCUT2D eigenvalue weighted by molar-refractivity contribution is 5.95. The molecule has 0 aliphatic heterocycles. The minimum Gasteiger partial charge on any atom is -0.481 e. The first-order valence-electron chi connectivity index (χ1n) is 7.20. The van der Waals surface area contributed by atoms with E-state index in [4.69, 9.17) is 5.11 Å². The Balaban J connectivity index is 2.04. The average Bonchev–Trinajstić information content (AvgIpc) is 2.42. The zero-order chi connectivity index (χ0) is 16.4. The van der Waals surface area contributed by atoms with Crippen LogP contribution < -0.4 is 5.32 Å². The molecule has 0 unspecified atom stereocenters. The Morgan fingerprint density at radius 1 is 1.23 bits per heavy atom. The Morgan fingerprint density at radius 3 is 2.45 bits per heavy atom. The molecule has 0 aromatic heterocycles. The van der Waals surface area contributed by atoms with Gasteiger partial charge in [-0.1, -0.05) is 19.1 Å². The lowest BCUT2D eigenvalue weighted by atomic mass is 9.73. The van der Waals surface area contributed by atoms with Gasteiger partial charge in [-0.3, -0.25) is 9.59 Å². The highest BCUT2D eigenvalue weighted by Gasteiger charge is 2.44. The summed E-state index contributed by atoms with van der Waals surface area (Å²) >= 11 is 0. The fraction of sp³-hybridized carbons (Fsp3) is 0.500. The summed E-state index contributed by atoms with van der Waals surface area (Å²) in [5.41, 5.74) is 0.248. The van der Waals surface area contributed by atoms with Gasteiger partial charge in [0.15, 0.2) is 0 Å². The molecule has 1 fully saturated rings. The number of halogens is 2. The van der Waals surface area contributed by atoms with Crippen LogP contribution in [0.25, 0.3) is 0 Å². The summed E-state index contributed by atoms with van der Waals surface area (Å²) in [7, 11) is 0. The molecule has 4 nitrogen and oxygen atoms in total. The summed E-state index contributed by atoms with van der Waals surface area (Å²) in [5, 5.41) is 11.5. The number of alkyl halides is 2. The van der Waals surface area contributed by atoms with Crippen molar-refractivity contribution in [1.29, 1.82) is 0 Å². The number of rotatable bonds is 4. The maximum Gasteiger partial charge on any atom is 0.307 e. The standard InChI is InChI=1S/C16H19F2NO3/c1-15(5-7-16(17,18)8-6-15)14(22)19-12-4-2-3-11(9-12)10-13(20)21/h2-4,9H,5-8,10H2,1H3,(H,19,22)(H,20,21). The number of carbonyl (C=O) groups excluding carboxylic acids is 1. The van der Waals surface area contributed by atoms with E-state index in [0.717, 1.165) is 0 Å². The third-order valence-corrected chi connectivity index (χ3v) is 4.17. The summed E-state index contributed by atoms with van der Waals surface area (Å²) in [5.74, 6) is -3.93. The second kappa shape index (κ2) is 6.02. The van der Waals surface area contributed by atoms with E-state index >= 15 is 0 Å². The molecule has 120 valence electrons. The fourth-order valence-corrected chi connectivity index (χ4v) is 2.61. The van der Waals surface area contributed by atoms with E-state index in [0.29, 0.717) is 11.3 Å². The molecule has 0 bridgehead atoms. The molecular weight excluding hydrogens is 292 g/mol. The quantitative estimate of drug-likeness (QED) is 0.895. The Labute approximate surface area is 127 Å². The topological polar surface area (TPSA) is 66.4 Å². The summed E-state index contributed by atoms with van der Waals surface area (Å²) in [6.45, 7) is 1.69. The van der Waals surface area contributed by atoms with E-state index in [2.05, 4.69) is 5.32 Å². The van der Waals surface area contributed by atoms with Gasteiger partial charge in [-0.05, 0) is 30.5 Å². The lowest BCUT2D eigenvalue weighted by Gasteiger charge is -2.35. The van der Waals surface area contributed by atoms with Crippen LogP contribution in [0.1, 0.15) is 38.2 Å². The van der Waals surface area contributed by atoms with Crippen LogP contribution in [-0.2, 0) is 16.0 Å². The Kier molecular flexibility index (Phi) is 4.49. The lowest BCUT2D eigenvalue weighted by Crippen LogP contribution is -2.40. The Hall–Kier alpha value is -1.98. The monoisotopic (exact) mass is 311 g/mol. The van der Waals surface area contributed by atoms with Crippen molar-refractivity contribution in [1.82, 2.24) is 0 Å². The first-order chi connectivity index (χ1) is 10.2. The minimum atomic E-state index is -2.68. The molecule has 0 atom stereocenters. The second-order valence-electron chi connectivity index (χ2n) is 6.14. The number of anilines is 1. The van der Waals surface area contributed by atoms with Gasteiger partial charge in [0.1, 0.15) is 0 Å². The Bertz CT molecular complexity index is 577. The van der Waals surface area contributed by atoms with Gasteiger partial charge in [0.05, 0.1) is 6.42 Å². The maximum atomic E-state index is 13.2. The lowest BCUT2D eigenvalue weighted by molar-refractivity contribution is -0.136. The van der Waals surface area contributed by atoms with E-state index in [1.54, 1.807) is 31.2 Å². The molecule has 2 N–H and O–H groups in total. The molecule has 0 radical (unpaired) electrons. The van der Waals surface area contributed by atoms with Gasteiger partial charge in [-0.15, -0.1) is 0 Å². The van der Waals surface area contributed by atoms with Gasteiger partial charge < -0.3 is 10.4 Å². The number of hydrogen-bond acceptors (Lipinski definition) is 2. The fourth-order valence-electron chi connectivity index (χ4n) is 2.61. The number of carbonyl (C=O) groups is 2. The summed E-state index contributed by atoms with van der Waals surface area (Å²) < 4.78 is 26.5. The van der Waals surface area contributed by atoms with Crippen molar-refractivity contribution >= 4 is 17.6 Å². The molecule has 0 saturated heterocycles. The molecule has 1 aliphatic rings. The van der Waals surface area contributed by atoms with Crippen LogP contribution >= 0.6 is 0 Å². The highest BCUT2D eigenvalue weighted by Crippen LogP contribution is 2.43. The number of aliphatic carboxylic acids is 1. The van der Waals surface area contributed by atoms with Crippen molar-refractivity contribution in [3.8, 4) is 0 Å². The smallest absolute Gasteiger partial charge is 0.307 e. The predicted molar refractivity (Wildman–Crippen MR) is 77.9 cm³/mol. The number of carboxylic acid groups (broad SMARTS) is 1. The Morgan fingerprint density at radius 2 is 1.86 bits per heavy atom. The normalized spacial score (nSPS) is 19.4. The van der Waals surface area contributed by atoms with Crippen LogP contribution in [0.5, 0.6) is 0 Å². The summed E-state index contributed by atoms with van der Waals surface area (Å²) in [6.07, 6.45) is -0.416. The average molecular weight is 311 g/mol. The van der Waals surface area contributed by atoms with Gasteiger partial charge in [-0.2, -0.15) is 0 Å². The van der Waals surface area contributed by atoms with Gasteiger partial charge in [0.25, 0.3) is 0 Å². The molecule has 1 aliphatic carbocycles. The van der Waals surface area contributed by atoms with E-state index in [1.165, 1.54) is 0 Å². The van der Waals surface area contributed by atoms with Crippen molar-refractivity contribution in [2.45, 2.75) is 45.0 Å². The molecule has 1 aromatic rings. The molecule has 0 heterocycles. The third-order valence-electron chi connectivity index (χ3n) is 4.17. The summed E-state index contributed by atoms with van der Waals surface area (Å²) in [4.78, 5) is 23.1. The van der Waals surface area contributed by atoms with E-state index in [9.17, 15) is 18.4 Å². The van der Waals surface area contributed by atoms with Gasteiger partial charge in [0, 0.05) is 23.9 Å². The molecule has 1 saturated carbocycles. The molecule has 1 aromatic carbocycles. The maximum absolute atomic E-state index is 13.2. The SMILES string of the molecule is CC1(C(=O)Nc2cccc(CC(=O)O)c2)CCC(F)(F)CC1. The largest absolute Gasteiger partial charge is 0.481 e. The van der Waals surface area contributed by atoms with Crippen molar-refractivity contribution in [3.63, 3.8) is 0 Å². The zero-order valence-corrected chi connectivity index (χ0v) is 12.4. The van der Waals surface area contributed by atoms with E-state index in [-0.39, 0.29) is 38.0 Å². The number of nitrogens with one attached hydrogen (secondary N) is 1. The van der Waals surface area contributed by atoms with Crippen LogP contribution in [-0.4, -0.2) is 22.9 Å². The second-order valence-corrected chi connectivity index (χ2v) is 6.14. The van der Waals surface area contributed by atoms with Gasteiger partial charge >= 0.3 is 5.97 Å². The van der Waals surface area contributed by atoms with Crippen LogP contribution in [0, 0.1) is 5.41 Å². The van der Waals surface area contributed by atoms with E-state index < -0.39 is 17.3 Å². The number of benzene rings is 1. The van der Waals surface area contributed by atoms with Crippen LogP contribution in [0.15, 0.2) is 24.3 Å². The van der Waals surface area contributed by atoms with Crippen LogP contribution in [0.2, 0.25) is 0 Å². The number of hydrogen-bond donors (Lipinski definition) is 2. The highest BCUT2D eigenvalue weighted by atomic mass is 19.3. The number of carboxylic acids is 1. The first-order valence-corrected chi connectivity index (χ1v) is 7.20.